The van der Waals surface area contributed by atoms with E-state index in [0.29, 0.717) is 19.2 Å². The third kappa shape index (κ3) is 3.33. The minimum Gasteiger partial charge on any atom is -0.378 e. The van der Waals surface area contributed by atoms with Crippen LogP contribution in [0.25, 0.3) is 0 Å². The molecule has 112 valence electrons. The fraction of sp³-hybridized carbons (Fsp3) is 0.600. The van der Waals surface area contributed by atoms with Crippen LogP contribution in [0.15, 0.2) is 12.1 Å². The monoisotopic (exact) mass is 287 g/mol. The Morgan fingerprint density at radius 3 is 2.55 bits per heavy atom. The second-order valence-corrected chi connectivity index (χ2v) is 5.36. The van der Waals surface area contributed by atoms with Gasteiger partial charge in [-0.1, -0.05) is 6.92 Å². The van der Waals surface area contributed by atoms with Crippen LogP contribution in [0, 0.1) is 23.4 Å². The molecule has 5 heteroatoms. The van der Waals surface area contributed by atoms with E-state index in [9.17, 15) is 13.2 Å². The molecule has 1 N–H and O–H groups in total. The summed E-state index contributed by atoms with van der Waals surface area (Å²) in [6, 6.07) is 1.22. The van der Waals surface area contributed by atoms with Crippen molar-refractivity contribution in [1.82, 2.24) is 5.32 Å². The van der Waals surface area contributed by atoms with Crippen molar-refractivity contribution in [2.45, 2.75) is 38.8 Å². The van der Waals surface area contributed by atoms with E-state index in [2.05, 4.69) is 5.32 Å². The van der Waals surface area contributed by atoms with E-state index in [1.165, 1.54) is 0 Å². The van der Waals surface area contributed by atoms with E-state index >= 15 is 0 Å². The topological polar surface area (TPSA) is 21.3 Å². The number of hydrogen-bond donors (Lipinski definition) is 1. The lowest BCUT2D eigenvalue weighted by Crippen LogP contribution is -2.30. The summed E-state index contributed by atoms with van der Waals surface area (Å²) in [5, 5.41) is 3.23. The van der Waals surface area contributed by atoms with Crippen molar-refractivity contribution in [3.8, 4) is 0 Å². The zero-order valence-corrected chi connectivity index (χ0v) is 11.8. The van der Waals surface area contributed by atoms with Gasteiger partial charge in [-0.05, 0) is 32.4 Å². The Morgan fingerprint density at radius 1 is 1.25 bits per heavy atom. The summed E-state index contributed by atoms with van der Waals surface area (Å²) in [5.74, 6) is -2.82. The molecule has 0 amide bonds. The molecule has 2 rings (SSSR count). The summed E-state index contributed by atoms with van der Waals surface area (Å²) >= 11 is 0. The van der Waals surface area contributed by atoms with Gasteiger partial charge < -0.3 is 10.1 Å². The highest BCUT2D eigenvalue weighted by molar-refractivity contribution is 5.24. The molecule has 0 spiro atoms. The molecule has 0 saturated carbocycles. The van der Waals surface area contributed by atoms with E-state index in [-0.39, 0.29) is 23.6 Å². The van der Waals surface area contributed by atoms with Crippen LogP contribution in [-0.4, -0.2) is 19.3 Å². The summed E-state index contributed by atoms with van der Waals surface area (Å²) in [6.07, 6.45) is 1.77. The molecule has 1 aromatic rings. The molecule has 1 aliphatic heterocycles. The molecular formula is C15H20F3NO. The Hall–Kier alpha value is -1.07. The molecule has 0 aliphatic carbocycles. The molecular weight excluding hydrogens is 267 g/mol. The van der Waals surface area contributed by atoms with Crippen LogP contribution in [0.3, 0.4) is 0 Å². The molecule has 2 nitrogen and oxygen atoms in total. The zero-order valence-electron chi connectivity index (χ0n) is 11.8. The summed E-state index contributed by atoms with van der Waals surface area (Å²) in [5.41, 5.74) is 0.181. The third-order valence-corrected chi connectivity index (χ3v) is 3.69. The molecule has 3 atom stereocenters. The summed E-state index contributed by atoms with van der Waals surface area (Å²) in [6.45, 7) is 5.15. The highest BCUT2D eigenvalue weighted by Crippen LogP contribution is 2.33. The van der Waals surface area contributed by atoms with Crippen molar-refractivity contribution >= 4 is 0 Å². The highest BCUT2D eigenvalue weighted by Gasteiger charge is 2.32. The maximum absolute atomic E-state index is 14.0. The molecule has 0 aromatic heterocycles. The Labute approximate surface area is 117 Å². The summed E-state index contributed by atoms with van der Waals surface area (Å²) in [7, 11) is 0. The number of hydrogen-bond acceptors (Lipinski definition) is 2. The van der Waals surface area contributed by atoms with E-state index in [4.69, 9.17) is 4.74 Å². The predicted molar refractivity (Wildman–Crippen MR) is 70.9 cm³/mol. The van der Waals surface area contributed by atoms with E-state index in [1.807, 2.05) is 13.8 Å². The van der Waals surface area contributed by atoms with Crippen molar-refractivity contribution in [3.05, 3.63) is 35.1 Å². The van der Waals surface area contributed by atoms with Crippen LogP contribution in [-0.2, 0) is 4.74 Å². The van der Waals surface area contributed by atoms with Gasteiger partial charge in [-0.25, -0.2) is 13.2 Å². The van der Waals surface area contributed by atoms with Crippen molar-refractivity contribution < 1.29 is 17.9 Å². The van der Waals surface area contributed by atoms with E-state index in [0.717, 1.165) is 18.9 Å². The fourth-order valence-electron chi connectivity index (χ4n) is 2.69. The van der Waals surface area contributed by atoms with Crippen LogP contribution in [0.1, 0.15) is 38.3 Å². The van der Waals surface area contributed by atoms with Gasteiger partial charge in [0.25, 0.3) is 0 Å². The quantitative estimate of drug-likeness (QED) is 0.836. The maximum Gasteiger partial charge on any atom is 0.161 e. The van der Waals surface area contributed by atoms with E-state index in [1.54, 1.807) is 0 Å². The van der Waals surface area contributed by atoms with Crippen LogP contribution >= 0.6 is 0 Å². The standard InChI is InChI=1S/C15H20F3NO/c1-3-4-19-15(10-5-9(2)20-8-10)11-6-13(17)14(18)7-12(11)16/h6-7,9-10,15,19H,3-5,8H2,1-2H3. The first-order valence-electron chi connectivity index (χ1n) is 7.02. The van der Waals surface area contributed by atoms with Crippen molar-refractivity contribution in [2.24, 2.45) is 5.92 Å². The Balaban J connectivity index is 2.28. The summed E-state index contributed by atoms with van der Waals surface area (Å²) < 4.78 is 45.9. The van der Waals surface area contributed by atoms with Crippen LogP contribution < -0.4 is 5.32 Å². The average molecular weight is 287 g/mol. The van der Waals surface area contributed by atoms with Crippen LogP contribution in [0.5, 0.6) is 0 Å². The molecule has 0 bridgehead atoms. The van der Waals surface area contributed by atoms with Crippen LogP contribution in [0.2, 0.25) is 0 Å². The first kappa shape index (κ1) is 15.3. The SMILES string of the molecule is CCCNC(c1cc(F)c(F)cc1F)C1COC(C)C1. The van der Waals surface area contributed by atoms with Crippen molar-refractivity contribution in [2.75, 3.05) is 13.2 Å². The maximum atomic E-state index is 14.0. The molecule has 0 radical (unpaired) electrons. The number of rotatable bonds is 5. The number of nitrogens with one attached hydrogen (secondary N) is 1. The fourth-order valence-corrected chi connectivity index (χ4v) is 2.69. The molecule has 3 unspecified atom stereocenters. The molecule has 20 heavy (non-hydrogen) atoms. The van der Waals surface area contributed by atoms with Gasteiger partial charge >= 0.3 is 0 Å². The van der Waals surface area contributed by atoms with Crippen molar-refractivity contribution in [3.63, 3.8) is 0 Å². The Kier molecular flexibility index (Phi) is 5.05. The largest absolute Gasteiger partial charge is 0.378 e. The van der Waals surface area contributed by atoms with Gasteiger partial charge in [-0.3, -0.25) is 0 Å². The average Bonchev–Trinajstić information content (AvgIpc) is 2.82. The minimum absolute atomic E-state index is 0.0657. The third-order valence-electron chi connectivity index (χ3n) is 3.69. The number of benzene rings is 1. The normalized spacial score (nSPS) is 24.1. The highest BCUT2D eigenvalue weighted by atomic mass is 19.2. The lowest BCUT2D eigenvalue weighted by atomic mass is 9.90. The van der Waals surface area contributed by atoms with Crippen molar-refractivity contribution in [1.29, 1.82) is 0 Å². The first-order chi connectivity index (χ1) is 9.52. The zero-order chi connectivity index (χ0) is 14.7. The van der Waals surface area contributed by atoms with Gasteiger partial charge in [-0.15, -0.1) is 0 Å². The van der Waals surface area contributed by atoms with Gasteiger partial charge in [0.1, 0.15) is 5.82 Å². The number of halogens is 3. The summed E-state index contributed by atoms with van der Waals surface area (Å²) in [4.78, 5) is 0. The number of ether oxygens (including phenoxy) is 1. The molecule has 1 heterocycles. The molecule has 1 aromatic carbocycles. The molecule has 1 aliphatic rings. The van der Waals surface area contributed by atoms with E-state index < -0.39 is 17.5 Å². The smallest absolute Gasteiger partial charge is 0.161 e. The van der Waals surface area contributed by atoms with Gasteiger partial charge in [-0.2, -0.15) is 0 Å². The van der Waals surface area contributed by atoms with Gasteiger partial charge in [0, 0.05) is 23.6 Å². The van der Waals surface area contributed by atoms with Crippen LogP contribution in [0.4, 0.5) is 13.2 Å². The second-order valence-electron chi connectivity index (χ2n) is 5.36. The minimum atomic E-state index is -1.16. The molecule has 1 fully saturated rings. The predicted octanol–water partition coefficient (Wildman–Crippen LogP) is 3.57. The lowest BCUT2D eigenvalue weighted by molar-refractivity contribution is 0.116. The van der Waals surface area contributed by atoms with Gasteiger partial charge in [0.15, 0.2) is 11.6 Å². The lowest BCUT2D eigenvalue weighted by Gasteiger charge is -2.25. The first-order valence-corrected chi connectivity index (χ1v) is 7.02. The Morgan fingerprint density at radius 2 is 1.95 bits per heavy atom. The Bertz CT molecular complexity index is 467. The molecule has 1 saturated heterocycles. The second kappa shape index (κ2) is 6.59. The van der Waals surface area contributed by atoms with Gasteiger partial charge in [0.05, 0.1) is 12.7 Å². The van der Waals surface area contributed by atoms with Gasteiger partial charge in [0.2, 0.25) is 0 Å².